The molecule has 154 valence electrons. The third-order valence-corrected chi connectivity index (χ3v) is 5.41. The lowest BCUT2D eigenvalue weighted by Gasteiger charge is -2.37. The molecule has 7 heteroatoms. The second-order valence-electron chi connectivity index (χ2n) is 7.21. The van der Waals surface area contributed by atoms with Gasteiger partial charge in [0.2, 0.25) is 0 Å². The first-order valence-corrected chi connectivity index (χ1v) is 10.3. The number of nitrogens with zero attached hydrogens (tertiary/aromatic N) is 3. The molecule has 2 saturated heterocycles. The number of hydrogen-bond donors (Lipinski definition) is 1. The number of guanidine groups is 1. The normalized spacial score (nSPS) is 23.4. The van der Waals surface area contributed by atoms with E-state index in [2.05, 4.69) is 39.5 Å². The minimum Gasteiger partial charge on any atom is -0.450 e. The van der Waals surface area contributed by atoms with Crippen molar-refractivity contribution in [2.24, 2.45) is 10.9 Å². The van der Waals surface area contributed by atoms with Gasteiger partial charge < -0.3 is 24.6 Å². The Morgan fingerprint density at radius 2 is 1.93 bits per heavy atom. The molecular weight excluding hydrogens is 356 g/mol. The summed E-state index contributed by atoms with van der Waals surface area (Å²) in [5, 5.41) is 3.54. The van der Waals surface area contributed by atoms with Crippen LogP contribution in [0.25, 0.3) is 0 Å². The molecular formula is C21H32N4O3. The van der Waals surface area contributed by atoms with E-state index < -0.39 is 0 Å². The molecule has 0 aliphatic carbocycles. The Kier molecular flexibility index (Phi) is 7.54. The van der Waals surface area contributed by atoms with Crippen molar-refractivity contribution >= 4 is 12.1 Å². The Hall–Kier alpha value is -2.28. The van der Waals surface area contributed by atoms with Crippen LogP contribution < -0.4 is 5.32 Å². The number of benzene rings is 1. The van der Waals surface area contributed by atoms with Crippen molar-refractivity contribution in [3.63, 3.8) is 0 Å². The summed E-state index contributed by atoms with van der Waals surface area (Å²) in [5.41, 5.74) is 1.24. The van der Waals surface area contributed by atoms with Crippen LogP contribution in [0, 0.1) is 5.92 Å². The van der Waals surface area contributed by atoms with Gasteiger partial charge in [0.1, 0.15) is 0 Å². The lowest BCUT2D eigenvalue weighted by atomic mass is 9.89. The van der Waals surface area contributed by atoms with Gasteiger partial charge in [-0.25, -0.2) is 4.79 Å². The number of hydrogen-bond acceptors (Lipinski definition) is 4. The molecule has 28 heavy (non-hydrogen) atoms. The highest BCUT2D eigenvalue weighted by Gasteiger charge is 2.29. The second-order valence-corrected chi connectivity index (χ2v) is 7.21. The van der Waals surface area contributed by atoms with Crippen LogP contribution in [0.3, 0.4) is 0 Å². The molecule has 2 aliphatic heterocycles. The van der Waals surface area contributed by atoms with Gasteiger partial charge in [0, 0.05) is 52.3 Å². The fraction of sp³-hybridized carbons (Fsp3) is 0.619. The first-order chi connectivity index (χ1) is 13.7. The van der Waals surface area contributed by atoms with E-state index in [1.165, 1.54) is 5.56 Å². The molecule has 2 atom stereocenters. The molecule has 1 aromatic rings. The summed E-state index contributed by atoms with van der Waals surface area (Å²) in [6.07, 6.45) is 2.13. The van der Waals surface area contributed by atoms with Crippen LogP contribution in [0.2, 0.25) is 0 Å². The van der Waals surface area contributed by atoms with E-state index in [9.17, 15) is 4.79 Å². The minimum absolute atomic E-state index is 0.126. The minimum atomic E-state index is -0.227. The molecule has 2 fully saturated rings. The maximum Gasteiger partial charge on any atom is 0.409 e. The predicted molar refractivity (Wildman–Crippen MR) is 109 cm³/mol. The molecule has 7 nitrogen and oxygen atoms in total. The van der Waals surface area contributed by atoms with Gasteiger partial charge in [0.25, 0.3) is 0 Å². The molecule has 2 aliphatic rings. The zero-order valence-electron chi connectivity index (χ0n) is 17.0. The van der Waals surface area contributed by atoms with Gasteiger partial charge in [-0.15, -0.1) is 0 Å². The maximum atomic E-state index is 11.9. The highest BCUT2D eigenvalue weighted by molar-refractivity contribution is 5.80. The van der Waals surface area contributed by atoms with Crippen LogP contribution >= 0.6 is 0 Å². The van der Waals surface area contributed by atoms with E-state index in [4.69, 9.17) is 9.47 Å². The summed E-state index contributed by atoms with van der Waals surface area (Å²) in [4.78, 5) is 20.3. The number of carbonyl (C=O) groups excluding carboxylic acids is 1. The van der Waals surface area contributed by atoms with Crippen LogP contribution in [0.5, 0.6) is 0 Å². The van der Waals surface area contributed by atoms with Crippen LogP contribution in [0.4, 0.5) is 4.79 Å². The summed E-state index contributed by atoms with van der Waals surface area (Å²) >= 11 is 0. The standard InChI is InChI=1S/C21H32N4O3/c1-3-27-21(26)25-13-11-24(12-14-25)20(22-2)23-16-18-10-7-15-28-19(18)17-8-5-4-6-9-17/h4-6,8-9,18-19H,3,7,10-16H2,1-2H3,(H,22,23). The number of carbonyl (C=O) groups is 1. The van der Waals surface area contributed by atoms with E-state index in [0.29, 0.717) is 25.6 Å². The smallest absolute Gasteiger partial charge is 0.409 e. The van der Waals surface area contributed by atoms with Gasteiger partial charge in [0.05, 0.1) is 12.7 Å². The van der Waals surface area contributed by atoms with Crippen molar-refractivity contribution in [3.05, 3.63) is 35.9 Å². The monoisotopic (exact) mass is 388 g/mol. The molecule has 0 aromatic heterocycles. The zero-order chi connectivity index (χ0) is 19.8. The Labute approximate surface area is 167 Å². The molecule has 0 saturated carbocycles. The number of aliphatic imine (C=N–C) groups is 1. The van der Waals surface area contributed by atoms with Gasteiger partial charge in [-0.05, 0) is 25.3 Å². The van der Waals surface area contributed by atoms with Crippen LogP contribution in [-0.2, 0) is 9.47 Å². The highest BCUT2D eigenvalue weighted by Crippen LogP contribution is 2.33. The lowest BCUT2D eigenvalue weighted by molar-refractivity contribution is -0.0267. The average molecular weight is 389 g/mol. The SMILES string of the molecule is CCOC(=O)N1CCN(C(=NC)NCC2CCCOC2c2ccccc2)CC1. The van der Waals surface area contributed by atoms with Crippen molar-refractivity contribution in [1.82, 2.24) is 15.1 Å². The van der Waals surface area contributed by atoms with Crippen LogP contribution in [0.15, 0.2) is 35.3 Å². The lowest BCUT2D eigenvalue weighted by Crippen LogP contribution is -2.54. The van der Waals surface area contributed by atoms with Gasteiger partial charge in [0.15, 0.2) is 5.96 Å². The molecule has 1 N–H and O–H groups in total. The topological polar surface area (TPSA) is 66.4 Å². The van der Waals surface area contributed by atoms with E-state index in [1.54, 1.807) is 4.90 Å². The van der Waals surface area contributed by atoms with Gasteiger partial charge in [-0.3, -0.25) is 4.99 Å². The summed E-state index contributed by atoms with van der Waals surface area (Å²) < 4.78 is 11.2. The number of nitrogens with one attached hydrogen (secondary N) is 1. The number of ether oxygens (including phenoxy) is 2. The third kappa shape index (κ3) is 5.16. The molecule has 0 spiro atoms. The first kappa shape index (κ1) is 20.5. The fourth-order valence-electron chi connectivity index (χ4n) is 3.93. The Bertz CT molecular complexity index is 644. The first-order valence-electron chi connectivity index (χ1n) is 10.3. The molecule has 2 unspecified atom stereocenters. The van der Waals surface area contributed by atoms with E-state index in [0.717, 1.165) is 45.0 Å². The van der Waals surface area contributed by atoms with Crippen LogP contribution in [-0.4, -0.2) is 74.8 Å². The summed E-state index contributed by atoms with van der Waals surface area (Å²) in [6, 6.07) is 10.5. The van der Waals surface area contributed by atoms with Crippen molar-refractivity contribution in [2.45, 2.75) is 25.9 Å². The molecule has 0 radical (unpaired) electrons. The van der Waals surface area contributed by atoms with Crippen molar-refractivity contribution in [2.75, 3.05) is 53.0 Å². The van der Waals surface area contributed by atoms with Crippen molar-refractivity contribution in [1.29, 1.82) is 0 Å². The van der Waals surface area contributed by atoms with E-state index >= 15 is 0 Å². The predicted octanol–water partition coefficient (Wildman–Crippen LogP) is 2.50. The van der Waals surface area contributed by atoms with E-state index in [-0.39, 0.29) is 12.2 Å². The number of piperazine rings is 1. The molecule has 0 bridgehead atoms. The average Bonchev–Trinajstić information content (AvgIpc) is 2.76. The summed E-state index contributed by atoms with van der Waals surface area (Å²) in [5.74, 6) is 1.30. The van der Waals surface area contributed by atoms with E-state index in [1.807, 2.05) is 20.0 Å². The highest BCUT2D eigenvalue weighted by atomic mass is 16.6. The zero-order valence-corrected chi connectivity index (χ0v) is 17.0. The Morgan fingerprint density at radius 3 is 2.61 bits per heavy atom. The van der Waals surface area contributed by atoms with Crippen molar-refractivity contribution in [3.8, 4) is 0 Å². The Morgan fingerprint density at radius 1 is 1.21 bits per heavy atom. The van der Waals surface area contributed by atoms with Gasteiger partial charge in [-0.1, -0.05) is 30.3 Å². The summed E-state index contributed by atoms with van der Waals surface area (Å²) in [6.45, 7) is 6.69. The maximum absolute atomic E-state index is 11.9. The van der Waals surface area contributed by atoms with Gasteiger partial charge in [-0.2, -0.15) is 0 Å². The molecule has 1 amide bonds. The van der Waals surface area contributed by atoms with Gasteiger partial charge >= 0.3 is 6.09 Å². The van der Waals surface area contributed by atoms with Crippen molar-refractivity contribution < 1.29 is 14.3 Å². The number of amides is 1. The fourth-order valence-corrected chi connectivity index (χ4v) is 3.93. The third-order valence-electron chi connectivity index (χ3n) is 5.41. The molecule has 1 aromatic carbocycles. The summed E-state index contributed by atoms with van der Waals surface area (Å²) in [7, 11) is 1.81. The molecule has 2 heterocycles. The largest absolute Gasteiger partial charge is 0.450 e. The number of rotatable bonds is 4. The second kappa shape index (κ2) is 10.3. The van der Waals surface area contributed by atoms with Crippen LogP contribution in [0.1, 0.15) is 31.4 Å². The Balaban J connectivity index is 1.53. The molecule has 3 rings (SSSR count). The quantitative estimate of drug-likeness (QED) is 0.634.